The van der Waals surface area contributed by atoms with E-state index >= 15 is 0 Å². The average molecular weight is 436 g/mol. The van der Waals surface area contributed by atoms with Gasteiger partial charge in [-0.3, -0.25) is 9.59 Å². The minimum Gasteiger partial charge on any atom is -0.468 e. The Bertz CT molecular complexity index is 735. The first-order valence-electron chi connectivity index (χ1n) is 10.9. The number of hydrogen-bond donors (Lipinski definition) is 2. The SMILES string of the molecule is COC(=O)CNC(=O)[C@H](N=[N+]=[N-])[C@H](NC(=O)OC(C)(C)C)C12CC3CC(CC(C3)C1)C2. The molecule has 0 spiro atoms. The largest absolute Gasteiger partial charge is 0.468 e. The van der Waals surface area contributed by atoms with Gasteiger partial charge in [0.1, 0.15) is 18.2 Å². The third-order valence-electron chi connectivity index (χ3n) is 6.81. The molecule has 0 saturated heterocycles. The summed E-state index contributed by atoms with van der Waals surface area (Å²) in [5.41, 5.74) is 8.15. The first-order chi connectivity index (χ1) is 14.5. The Labute approximate surface area is 182 Å². The second-order valence-corrected chi connectivity index (χ2v) is 10.3. The van der Waals surface area contributed by atoms with Crippen LogP contribution in [0.2, 0.25) is 0 Å². The predicted molar refractivity (Wildman–Crippen MR) is 112 cm³/mol. The highest BCUT2D eigenvalue weighted by molar-refractivity contribution is 5.87. The van der Waals surface area contributed by atoms with Crippen molar-refractivity contribution in [3.8, 4) is 0 Å². The zero-order chi connectivity index (χ0) is 22.8. The summed E-state index contributed by atoms with van der Waals surface area (Å²) in [6.07, 6.45) is 5.52. The average Bonchev–Trinajstić information content (AvgIpc) is 2.66. The molecule has 2 atom stereocenters. The molecular formula is C21H33N5O5. The van der Waals surface area contributed by atoms with Crippen molar-refractivity contribution in [2.45, 2.75) is 77.0 Å². The predicted octanol–water partition coefficient (Wildman–Crippen LogP) is 3.06. The summed E-state index contributed by atoms with van der Waals surface area (Å²) in [5.74, 6) is 0.441. The number of ether oxygens (including phenoxy) is 2. The van der Waals surface area contributed by atoms with Crippen molar-refractivity contribution >= 4 is 18.0 Å². The molecule has 10 nitrogen and oxygen atoms in total. The zero-order valence-electron chi connectivity index (χ0n) is 18.7. The molecule has 4 saturated carbocycles. The van der Waals surface area contributed by atoms with Crippen LogP contribution in [0.4, 0.5) is 4.79 Å². The van der Waals surface area contributed by atoms with E-state index in [-0.39, 0.29) is 12.0 Å². The Kier molecular flexibility index (Phi) is 6.69. The third kappa shape index (κ3) is 5.42. The van der Waals surface area contributed by atoms with Gasteiger partial charge in [-0.25, -0.2) is 4.79 Å². The Morgan fingerprint density at radius 1 is 1.13 bits per heavy atom. The van der Waals surface area contributed by atoms with Crippen LogP contribution in [-0.2, 0) is 19.1 Å². The number of carbonyl (C=O) groups excluding carboxylic acids is 3. The Morgan fingerprint density at radius 2 is 1.68 bits per heavy atom. The number of esters is 1. The smallest absolute Gasteiger partial charge is 0.407 e. The lowest BCUT2D eigenvalue weighted by atomic mass is 9.47. The first kappa shape index (κ1) is 23.2. The molecule has 4 bridgehead atoms. The van der Waals surface area contributed by atoms with Gasteiger partial charge >= 0.3 is 12.1 Å². The van der Waals surface area contributed by atoms with Gasteiger partial charge in [0.25, 0.3) is 0 Å². The number of nitrogens with one attached hydrogen (secondary N) is 2. The molecule has 172 valence electrons. The normalized spacial score (nSPS) is 30.5. The summed E-state index contributed by atoms with van der Waals surface area (Å²) < 4.78 is 10.0. The van der Waals surface area contributed by atoms with Crippen molar-refractivity contribution in [3.05, 3.63) is 10.4 Å². The standard InChI is InChI=1S/C21H33N5O5/c1-20(2,3)31-19(29)24-17(16(25-26-22)18(28)23-11-15(27)30-4)21-8-12-5-13(9-21)7-14(6-12)10-21/h12-14,16-17H,5-11H2,1-4H3,(H,23,28)(H,24,29)/t12?,13?,14?,16-,17+,21?/m1/s1. The fourth-order valence-electron chi connectivity index (χ4n) is 6.22. The molecule has 0 aromatic carbocycles. The van der Waals surface area contributed by atoms with Gasteiger partial charge < -0.3 is 20.1 Å². The third-order valence-corrected chi connectivity index (χ3v) is 6.81. The molecule has 0 unspecified atom stereocenters. The van der Waals surface area contributed by atoms with E-state index in [1.165, 1.54) is 26.4 Å². The van der Waals surface area contributed by atoms with E-state index in [1.54, 1.807) is 20.8 Å². The quantitative estimate of drug-likeness (QED) is 0.273. The van der Waals surface area contributed by atoms with Crippen LogP contribution in [0.5, 0.6) is 0 Å². The molecule has 0 aliphatic heterocycles. The van der Waals surface area contributed by atoms with E-state index in [0.29, 0.717) is 17.8 Å². The second kappa shape index (κ2) is 8.94. The van der Waals surface area contributed by atoms with Gasteiger partial charge in [-0.1, -0.05) is 5.11 Å². The second-order valence-electron chi connectivity index (χ2n) is 10.3. The highest BCUT2D eigenvalue weighted by Crippen LogP contribution is 2.61. The van der Waals surface area contributed by atoms with Gasteiger partial charge in [-0.15, -0.1) is 0 Å². The molecule has 2 N–H and O–H groups in total. The van der Waals surface area contributed by atoms with E-state index in [9.17, 15) is 19.9 Å². The van der Waals surface area contributed by atoms with Gasteiger partial charge in [0.15, 0.2) is 0 Å². The fourth-order valence-corrected chi connectivity index (χ4v) is 6.22. The van der Waals surface area contributed by atoms with E-state index in [4.69, 9.17) is 4.74 Å². The van der Waals surface area contributed by atoms with Crippen LogP contribution < -0.4 is 10.6 Å². The molecule has 4 rings (SSSR count). The van der Waals surface area contributed by atoms with Crippen LogP contribution in [0.15, 0.2) is 5.11 Å². The summed E-state index contributed by atoms with van der Waals surface area (Å²) in [6.45, 7) is 4.95. The highest BCUT2D eigenvalue weighted by Gasteiger charge is 2.57. The molecule has 4 aliphatic rings. The Balaban J connectivity index is 1.90. The van der Waals surface area contributed by atoms with Crippen LogP contribution in [0.1, 0.15) is 59.3 Å². The molecule has 2 amide bonds. The molecule has 0 radical (unpaired) electrons. The Hall–Kier alpha value is -2.48. The number of carbonyl (C=O) groups is 3. The lowest BCUT2D eigenvalue weighted by Crippen LogP contribution is -2.63. The number of rotatable bonds is 7. The van der Waals surface area contributed by atoms with Crippen molar-refractivity contribution in [1.82, 2.24) is 10.6 Å². The maximum absolute atomic E-state index is 13.0. The van der Waals surface area contributed by atoms with E-state index in [1.807, 2.05) is 0 Å². The molecular weight excluding hydrogens is 402 g/mol. The van der Waals surface area contributed by atoms with E-state index < -0.39 is 35.7 Å². The summed E-state index contributed by atoms with van der Waals surface area (Å²) in [4.78, 5) is 40.1. The summed E-state index contributed by atoms with van der Waals surface area (Å²) >= 11 is 0. The summed E-state index contributed by atoms with van der Waals surface area (Å²) in [5, 5.41) is 9.16. The number of methoxy groups -OCH3 is 1. The van der Waals surface area contributed by atoms with Crippen LogP contribution in [-0.4, -0.2) is 49.3 Å². The number of amides is 2. The summed E-state index contributed by atoms with van der Waals surface area (Å²) in [7, 11) is 1.22. The molecule has 0 heterocycles. The molecule has 4 aliphatic carbocycles. The minimum atomic E-state index is -1.20. The molecule has 0 aromatic heterocycles. The van der Waals surface area contributed by atoms with Gasteiger partial charge in [0.05, 0.1) is 13.2 Å². The lowest BCUT2D eigenvalue weighted by molar-refractivity contribution is -0.141. The van der Waals surface area contributed by atoms with Crippen LogP contribution >= 0.6 is 0 Å². The van der Waals surface area contributed by atoms with Gasteiger partial charge in [0.2, 0.25) is 5.91 Å². The lowest BCUT2D eigenvalue weighted by Gasteiger charge is -2.60. The maximum Gasteiger partial charge on any atom is 0.407 e. The van der Waals surface area contributed by atoms with Crippen molar-refractivity contribution in [2.75, 3.05) is 13.7 Å². The molecule has 4 fully saturated rings. The van der Waals surface area contributed by atoms with Crippen LogP contribution in [0, 0.1) is 23.2 Å². The number of nitrogens with zero attached hydrogens (tertiary/aromatic N) is 3. The fraction of sp³-hybridized carbons (Fsp3) is 0.857. The Morgan fingerprint density at radius 3 is 2.13 bits per heavy atom. The van der Waals surface area contributed by atoms with E-state index in [2.05, 4.69) is 25.4 Å². The monoisotopic (exact) mass is 435 g/mol. The van der Waals surface area contributed by atoms with Crippen molar-refractivity contribution in [3.63, 3.8) is 0 Å². The molecule has 31 heavy (non-hydrogen) atoms. The zero-order valence-corrected chi connectivity index (χ0v) is 18.7. The van der Waals surface area contributed by atoms with Crippen molar-refractivity contribution in [2.24, 2.45) is 28.3 Å². The van der Waals surface area contributed by atoms with Gasteiger partial charge in [-0.05, 0) is 88.0 Å². The van der Waals surface area contributed by atoms with E-state index in [0.717, 1.165) is 19.3 Å². The maximum atomic E-state index is 13.0. The minimum absolute atomic E-state index is 0.340. The topological polar surface area (TPSA) is 142 Å². The first-order valence-corrected chi connectivity index (χ1v) is 10.9. The summed E-state index contributed by atoms with van der Waals surface area (Å²) in [6, 6.07) is -1.91. The molecule has 10 heteroatoms. The van der Waals surface area contributed by atoms with Crippen LogP contribution in [0.25, 0.3) is 10.4 Å². The number of alkyl carbamates (subject to hydrolysis) is 1. The van der Waals surface area contributed by atoms with Gasteiger partial charge in [-0.2, -0.15) is 0 Å². The van der Waals surface area contributed by atoms with Crippen molar-refractivity contribution in [1.29, 1.82) is 0 Å². The number of azide groups is 1. The van der Waals surface area contributed by atoms with Gasteiger partial charge in [0, 0.05) is 4.91 Å². The van der Waals surface area contributed by atoms with Crippen LogP contribution in [0.3, 0.4) is 0 Å². The highest BCUT2D eigenvalue weighted by atomic mass is 16.6. The number of hydrogen-bond acceptors (Lipinski definition) is 6. The molecule has 0 aromatic rings. The van der Waals surface area contributed by atoms with Crippen molar-refractivity contribution < 1.29 is 23.9 Å².